The van der Waals surface area contributed by atoms with E-state index in [4.69, 9.17) is 0 Å². The fourth-order valence-corrected chi connectivity index (χ4v) is 2.04. The molecule has 0 radical (unpaired) electrons. The maximum Gasteiger partial charge on any atom is 0.0625 e. The Morgan fingerprint density at radius 3 is 2.31 bits per heavy atom. The molecule has 1 aliphatic carbocycles. The second-order valence-corrected chi connectivity index (χ2v) is 4.51. The highest BCUT2D eigenvalue weighted by molar-refractivity contribution is 5.27. The van der Waals surface area contributed by atoms with Crippen molar-refractivity contribution in [2.75, 3.05) is 0 Å². The molecule has 1 fully saturated rings. The van der Waals surface area contributed by atoms with E-state index in [0.717, 1.165) is 6.42 Å². The molecule has 1 heteroatoms. The summed E-state index contributed by atoms with van der Waals surface area (Å²) in [5.41, 5.74) is 0.857. The third kappa shape index (κ3) is 1.75. The van der Waals surface area contributed by atoms with Crippen molar-refractivity contribution < 1.29 is 5.11 Å². The first-order valence-corrected chi connectivity index (χ1v) is 4.86. The van der Waals surface area contributed by atoms with Crippen LogP contribution in [0.25, 0.3) is 0 Å². The van der Waals surface area contributed by atoms with Crippen molar-refractivity contribution in [1.29, 1.82) is 0 Å². The Hall–Kier alpha value is -0.820. The molecule has 0 saturated heterocycles. The Balaban J connectivity index is 2.09. The highest BCUT2D eigenvalue weighted by atomic mass is 16.3. The molecule has 0 amide bonds. The van der Waals surface area contributed by atoms with Crippen LogP contribution in [0.15, 0.2) is 30.3 Å². The van der Waals surface area contributed by atoms with Crippen molar-refractivity contribution in [2.45, 2.75) is 31.8 Å². The lowest BCUT2D eigenvalue weighted by Gasteiger charge is -2.16. The van der Waals surface area contributed by atoms with Gasteiger partial charge in [0.1, 0.15) is 0 Å². The molecule has 1 nitrogen and oxygen atoms in total. The minimum absolute atomic E-state index is 0.454. The van der Waals surface area contributed by atoms with E-state index in [9.17, 15) is 5.11 Å². The smallest absolute Gasteiger partial charge is 0.0625 e. The Labute approximate surface area is 79.4 Å². The molecule has 1 aromatic carbocycles. The largest absolute Gasteiger partial charge is 0.390 e. The Morgan fingerprint density at radius 1 is 1.23 bits per heavy atom. The van der Waals surface area contributed by atoms with Gasteiger partial charge in [-0.3, -0.25) is 0 Å². The SMILES string of the molecule is CC(C)(O)[C@H]1C[C@@H]1c1ccccc1. The van der Waals surface area contributed by atoms with Gasteiger partial charge in [0.2, 0.25) is 0 Å². The third-order valence-corrected chi connectivity index (χ3v) is 2.93. The van der Waals surface area contributed by atoms with E-state index >= 15 is 0 Å². The van der Waals surface area contributed by atoms with E-state index < -0.39 is 5.60 Å². The third-order valence-electron chi connectivity index (χ3n) is 2.93. The van der Waals surface area contributed by atoms with Gasteiger partial charge in [0.25, 0.3) is 0 Å². The molecule has 1 aliphatic rings. The number of aliphatic hydroxyl groups is 1. The molecule has 0 aromatic heterocycles. The average molecular weight is 176 g/mol. The molecule has 0 aliphatic heterocycles. The van der Waals surface area contributed by atoms with Gasteiger partial charge >= 0.3 is 0 Å². The van der Waals surface area contributed by atoms with Gasteiger partial charge in [0.05, 0.1) is 5.60 Å². The maximum absolute atomic E-state index is 9.79. The first kappa shape index (κ1) is 8.76. The van der Waals surface area contributed by atoms with Gasteiger partial charge in [-0.25, -0.2) is 0 Å². The zero-order chi connectivity index (χ0) is 9.47. The summed E-state index contributed by atoms with van der Waals surface area (Å²) in [6.07, 6.45) is 1.13. The molecule has 0 heterocycles. The van der Waals surface area contributed by atoms with Crippen molar-refractivity contribution >= 4 is 0 Å². The summed E-state index contributed by atoms with van der Waals surface area (Å²) in [4.78, 5) is 0. The first-order chi connectivity index (χ1) is 6.09. The summed E-state index contributed by atoms with van der Waals surface area (Å²) in [7, 11) is 0. The standard InChI is InChI=1S/C12H16O/c1-12(2,13)11-8-10(11)9-6-4-3-5-7-9/h3-7,10-11,13H,8H2,1-2H3/t10-,11+/m1/s1. The highest BCUT2D eigenvalue weighted by Crippen LogP contribution is 2.53. The molecule has 1 saturated carbocycles. The topological polar surface area (TPSA) is 20.2 Å². The van der Waals surface area contributed by atoms with Crippen LogP contribution in [-0.4, -0.2) is 10.7 Å². The Bertz CT molecular complexity index is 284. The summed E-state index contributed by atoms with van der Waals surface area (Å²) in [6, 6.07) is 10.5. The van der Waals surface area contributed by atoms with Crippen molar-refractivity contribution in [3.8, 4) is 0 Å². The van der Waals surface area contributed by atoms with Gasteiger partial charge in [-0.1, -0.05) is 30.3 Å². The van der Waals surface area contributed by atoms with Gasteiger partial charge in [-0.2, -0.15) is 0 Å². The molecule has 0 spiro atoms. The summed E-state index contributed by atoms with van der Waals surface area (Å²) in [5, 5.41) is 9.79. The van der Waals surface area contributed by atoms with Crippen molar-refractivity contribution in [1.82, 2.24) is 0 Å². The predicted molar refractivity (Wildman–Crippen MR) is 53.6 cm³/mol. The molecule has 1 aromatic rings. The fraction of sp³-hybridized carbons (Fsp3) is 0.500. The molecule has 0 bridgehead atoms. The van der Waals surface area contributed by atoms with E-state index in [-0.39, 0.29) is 0 Å². The lowest BCUT2D eigenvalue weighted by molar-refractivity contribution is 0.0546. The van der Waals surface area contributed by atoms with Gasteiger partial charge in [-0.05, 0) is 37.7 Å². The molecular formula is C12H16O. The van der Waals surface area contributed by atoms with Crippen molar-refractivity contribution in [2.24, 2.45) is 5.92 Å². The van der Waals surface area contributed by atoms with Gasteiger partial charge < -0.3 is 5.11 Å². The van der Waals surface area contributed by atoms with Crippen LogP contribution in [0.2, 0.25) is 0 Å². The van der Waals surface area contributed by atoms with Crippen LogP contribution in [-0.2, 0) is 0 Å². The number of hydrogen-bond acceptors (Lipinski definition) is 1. The van der Waals surface area contributed by atoms with E-state index in [2.05, 4.69) is 24.3 Å². The van der Waals surface area contributed by atoms with Crippen molar-refractivity contribution in [3.05, 3.63) is 35.9 Å². The summed E-state index contributed by atoms with van der Waals surface area (Å²) >= 11 is 0. The van der Waals surface area contributed by atoms with E-state index in [1.165, 1.54) is 5.56 Å². The second kappa shape index (κ2) is 2.85. The van der Waals surface area contributed by atoms with Crippen LogP contribution in [0.1, 0.15) is 31.7 Å². The van der Waals surface area contributed by atoms with Crippen LogP contribution >= 0.6 is 0 Å². The lowest BCUT2D eigenvalue weighted by atomic mass is 9.99. The van der Waals surface area contributed by atoms with E-state index in [0.29, 0.717) is 11.8 Å². The van der Waals surface area contributed by atoms with Gasteiger partial charge in [0.15, 0.2) is 0 Å². The minimum atomic E-state index is -0.513. The predicted octanol–water partition coefficient (Wildman–Crippen LogP) is 2.56. The molecule has 70 valence electrons. The fourth-order valence-electron chi connectivity index (χ4n) is 2.04. The quantitative estimate of drug-likeness (QED) is 0.734. The zero-order valence-electron chi connectivity index (χ0n) is 8.20. The van der Waals surface area contributed by atoms with E-state index in [1.807, 2.05) is 19.9 Å². The van der Waals surface area contributed by atoms with Gasteiger partial charge in [-0.15, -0.1) is 0 Å². The summed E-state index contributed by atoms with van der Waals surface area (Å²) in [6.45, 7) is 3.81. The highest BCUT2D eigenvalue weighted by Gasteiger charge is 2.47. The molecule has 2 rings (SSSR count). The van der Waals surface area contributed by atoms with Crippen LogP contribution in [0.3, 0.4) is 0 Å². The normalized spacial score (nSPS) is 27.3. The van der Waals surface area contributed by atoms with Crippen LogP contribution in [0.5, 0.6) is 0 Å². The van der Waals surface area contributed by atoms with E-state index in [1.54, 1.807) is 0 Å². The summed E-state index contributed by atoms with van der Waals surface area (Å²) < 4.78 is 0. The zero-order valence-corrected chi connectivity index (χ0v) is 8.20. The molecular weight excluding hydrogens is 160 g/mol. The summed E-state index contributed by atoms with van der Waals surface area (Å²) in [5.74, 6) is 1.04. The molecule has 2 atom stereocenters. The van der Waals surface area contributed by atoms with Gasteiger partial charge in [0, 0.05) is 0 Å². The molecule has 1 N–H and O–H groups in total. The average Bonchev–Trinajstić information content (AvgIpc) is 2.83. The van der Waals surface area contributed by atoms with Crippen LogP contribution in [0.4, 0.5) is 0 Å². The minimum Gasteiger partial charge on any atom is -0.390 e. The monoisotopic (exact) mass is 176 g/mol. The maximum atomic E-state index is 9.79. The van der Waals surface area contributed by atoms with Crippen molar-refractivity contribution in [3.63, 3.8) is 0 Å². The van der Waals surface area contributed by atoms with Crippen LogP contribution < -0.4 is 0 Å². The Morgan fingerprint density at radius 2 is 1.85 bits per heavy atom. The van der Waals surface area contributed by atoms with Crippen LogP contribution in [0, 0.1) is 5.92 Å². The molecule has 13 heavy (non-hydrogen) atoms. The number of benzene rings is 1. The lowest BCUT2D eigenvalue weighted by Crippen LogP contribution is -2.22. The number of hydrogen-bond donors (Lipinski definition) is 1. The second-order valence-electron chi connectivity index (χ2n) is 4.51. The Kier molecular flexibility index (Phi) is 1.92. The first-order valence-electron chi connectivity index (χ1n) is 4.86. The number of rotatable bonds is 2. The molecule has 0 unspecified atom stereocenters.